The Balaban J connectivity index is 1.37. The van der Waals surface area contributed by atoms with Crippen molar-refractivity contribution < 1.29 is 0 Å². The van der Waals surface area contributed by atoms with E-state index in [0.717, 1.165) is 29.8 Å². The standard InChI is InChI=1S/C19H24N4S/c1-20-18(23-11-10-19(14-23)8-5-9-19)21-12-16-13-24-17(22-16)15-6-3-2-4-7-15/h2-4,6-7,13H,5,8-12,14H2,1H3,(H,20,21). The minimum absolute atomic E-state index is 0.596. The van der Waals surface area contributed by atoms with Crippen molar-refractivity contribution in [1.29, 1.82) is 0 Å². The van der Waals surface area contributed by atoms with Crippen molar-refractivity contribution in [2.75, 3.05) is 20.1 Å². The molecule has 1 saturated heterocycles. The van der Waals surface area contributed by atoms with Gasteiger partial charge < -0.3 is 10.2 Å². The van der Waals surface area contributed by atoms with Crippen molar-refractivity contribution in [1.82, 2.24) is 15.2 Å². The maximum absolute atomic E-state index is 4.75. The number of likely N-dealkylation sites (tertiary alicyclic amines) is 1. The van der Waals surface area contributed by atoms with Crippen LogP contribution in [0.1, 0.15) is 31.4 Å². The van der Waals surface area contributed by atoms with E-state index in [9.17, 15) is 0 Å². The lowest BCUT2D eigenvalue weighted by atomic mass is 9.68. The number of nitrogens with one attached hydrogen (secondary N) is 1. The Morgan fingerprint density at radius 1 is 1.29 bits per heavy atom. The number of rotatable bonds is 3. The third-order valence-corrected chi connectivity index (χ3v) is 6.30. The zero-order chi connectivity index (χ0) is 16.4. The fraction of sp³-hybridized carbons (Fsp3) is 0.474. The van der Waals surface area contributed by atoms with Crippen LogP contribution in [0.15, 0.2) is 40.7 Å². The van der Waals surface area contributed by atoms with Crippen LogP contribution in [0.3, 0.4) is 0 Å². The smallest absolute Gasteiger partial charge is 0.193 e. The Morgan fingerprint density at radius 2 is 2.12 bits per heavy atom. The minimum atomic E-state index is 0.596. The summed E-state index contributed by atoms with van der Waals surface area (Å²) in [5.74, 6) is 1.02. The molecule has 2 aliphatic rings. The number of thiazole rings is 1. The van der Waals surface area contributed by atoms with Crippen LogP contribution in [0, 0.1) is 5.41 Å². The largest absolute Gasteiger partial charge is 0.351 e. The summed E-state index contributed by atoms with van der Waals surface area (Å²) in [5, 5.41) is 6.72. The van der Waals surface area contributed by atoms with Crippen molar-refractivity contribution in [3.8, 4) is 10.6 Å². The van der Waals surface area contributed by atoms with Gasteiger partial charge in [-0.3, -0.25) is 4.99 Å². The van der Waals surface area contributed by atoms with Gasteiger partial charge in [-0.1, -0.05) is 36.8 Å². The molecule has 0 radical (unpaired) electrons. The van der Waals surface area contributed by atoms with E-state index < -0.39 is 0 Å². The fourth-order valence-electron chi connectivity index (χ4n) is 3.80. The number of aromatic nitrogens is 1. The van der Waals surface area contributed by atoms with E-state index in [0.29, 0.717) is 5.41 Å². The second kappa shape index (κ2) is 6.55. The molecule has 1 aliphatic heterocycles. The van der Waals surface area contributed by atoms with Crippen LogP contribution in [0.5, 0.6) is 0 Å². The maximum atomic E-state index is 4.75. The molecule has 0 amide bonds. The summed E-state index contributed by atoms with van der Waals surface area (Å²) in [4.78, 5) is 11.7. The van der Waals surface area contributed by atoms with Gasteiger partial charge in [-0.25, -0.2) is 4.98 Å². The van der Waals surface area contributed by atoms with Gasteiger partial charge in [0.15, 0.2) is 5.96 Å². The van der Waals surface area contributed by atoms with Crippen molar-refractivity contribution in [3.63, 3.8) is 0 Å². The lowest BCUT2D eigenvalue weighted by molar-refractivity contribution is 0.151. The molecule has 4 rings (SSSR count). The summed E-state index contributed by atoms with van der Waals surface area (Å²) < 4.78 is 0. The number of hydrogen-bond donors (Lipinski definition) is 1. The number of aliphatic imine (C=N–C) groups is 1. The van der Waals surface area contributed by atoms with E-state index in [4.69, 9.17) is 4.98 Å². The molecule has 0 unspecified atom stereocenters. The predicted molar refractivity (Wildman–Crippen MR) is 100 cm³/mol. The average molecular weight is 340 g/mol. The molecule has 24 heavy (non-hydrogen) atoms. The molecule has 0 atom stereocenters. The van der Waals surface area contributed by atoms with Crippen molar-refractivity contribution in [2.24, 2.45) is 10.4 Å². The predicted octanol–water partition coefficient (Wildman–Crippen LogP) is 3.76. The monoisotopic (exact) mass is 340 g/mol. The zero-order valence-corrected chi connectivity index (χ0v) is 15.0. The van der Waals surface area contributed by atoms with Crippen LogP contribution in [0.4, 0.5) is 0 Å². The van der Waals surface area contributed by atoms with Crippen molar-refractivity contribution >= 4 is 17.3 Å². The third-order valence-electron chi connectivity index (χ3n) is 5.36. The summed E-state index contributed by atoms with van der Waals surface area (Å²) in [5.41, 5.74) is 2.86. The molecular weight excluding hydrogens is 316 g/mol. The van der Waals surface area contributed by atoms with Crippen LogP contribution in [-0.4, -0.2) is 36.0 Å². The van der Waals surface area contributed by atoms with Crippen LogP contribution in [0.2, 0.25) is 0 Å². The summed E-state index contributed by atoms with van der Waals surface area (Å²) in [6.07, 6.45) is 5.52. The minimum Gasteiger partial charge on any atom is -0.351 e. The summed E-state index contributed by atoms with van der Waals surface area (Å²) in [6, 6.07) is 10.4. The molecule has 1 aromatic heterocycles. The number of benzene rings is 1. The first-order chi connectivity index (χ1) is 11.8. The van der Waals surface area contributed by atoms with E-state index in [1.165, 1.54) is 37.8 Å². The number of hydrogen-bond acceptors (Lipinski definition) is 3. The second-order valence-electron chi connectivity index (χ2n) is 6.94. The molecule has 1 aliphatic carbocycles. The molecule has 1 saturated carbocycles. The summed E-state index contributed by atoms with van der Waals surface area (Å²) in [7, 11) is 1.88. The fourth-order valence-corrected chi connectivity index (χ4v) is 4.63. The van der Waals surface area contributed by atoms with Crippen molar-refractivity contribution in [2.45, 2.75) is 32.2 Å². The van der Waals surface area contributed by atoms with Gasteiger partial charge in [0.05, 0.1) is 12.2 Å². The van der Waals surface area contributed by atoms with E-state index in [-0.39, 0.29) is 0 Å². The Bertz CT molecular complexity index is 718. The molecule has 1 aromatic carbocycles. The van der Waals surface area contributed by atoms with Crippen molar-refractivity contribution in [3.05, 3.63) is 41.4 Å². The van der Waals surface area contributed by atoms with E-state index in [1.807, 2.05) is 13.1 Å². The average Bonchev–Trinajstić information content (AvgIpc) is 3.23. The molecule has 0 bridgehead atoms. The van der Waals surface area contributed by atoms with E-state index in [2.05, 4.69) is 44.9 Å². The maximum Gasteiger partial charge on any atom is 0.193 e. The Morgan fingerprint density at radius 3 is 2.79 bits per heavy atom. The van der Waals surface area contributed by atoms with Gasteiger partial charge in [0.25, 0.3) is 0 Å². The van der Waals surface area contributed by atoms with Gasteiger partial charge in [-0.15, -0.1) is 11.3 Å². The van der Waals surface area contributed by atoms with Gasteiger partial charge >= 0.3 is 0 Å². The van der Waals surface area contributed by atoms with Gasteiger partial charge in [-0.2, -0.15) is 0 Å². The first-order valence-corrected chi connectivity index (χ1v) is 9.61. The normalized spacial score (nSPS) is 19.5. The highest BCUT2D eigenvalue weighted by Crippen LogP contribution is 2.47. The Hall–Kier alpha value is -1.88. The lowest BCUT2D eigenvalue weighted by Gasteiger charge is -2.38. The molecule has 2 heterocycles. The highest BCUT2D eigenvalue weighted by Gasteiger charge is 2.43. The molecular formula is C19H24N4S. The van der Waals surface area contributed by atoms with Gasteiger partial charge in [0.2, 0.25) is 0 Å². The number of nitrogens with zero attached hydrogens (tertiary/aromatic N) is 3. The van der Waals surface area contributed by atoms with Gasteiger partial charge in [0, 0.05) is 31.1 Å². The molecule has 1 N–H and O–H groups in total. The number of guanidine groups is 1. The molecule has 1 spiro atoms. The van der Waals surface area contributed by atoms with Crippen LogP contribution in [-0.2, 0) is 6.54 Å². The third kappa shape index (κ3) is 3.05. The highest BCUT2D eigenvalue weighted by molar-refractivity contribution is 7.13. The molecule has 2 aromatic rings. The topological polar surface area (TPSA) is 40.5 Å². The van der Waals surface area contributed by atoms with Crippen LogP contribution < -0.4 is 5.32 Å². The molecule has 2 fully saturated rings. The Kier molecular flexibility index (Phi) is 4.27. The summed E-state index contributed by atoms with van der Waals surface area (Å²) in [6.45, 7) is 3.03. The van der Waals surface area contributed by atoms with Gasteiger partial charge in [-0.05, 0) is 24.7 Å². The SMILES string of the molecule is CN=C(NCc1csc(-c2ccccc2)n1)N1CCC2(CCC2)C1. The first kappa shape index (κ1) is 15.6. The van der Waals surface area contributed by atoms with Gasteiger partial charge in [0.1, 0.15) is 5.01 Å². The lowest BCUT2D eigenvalue weighted by Crippen LogP contribution is -2.42. The van der Waals surface area contributed by atoms with Crippen LogP contribution >= 0.6 is 11.3 Å². The molecule has 5 heteroatoms. The first-order valence-electron chi connectivity index (χ1n) is 8.73. The quantitative estimate of drug-likeness (QED) is 0.683. The summed E-state index contributed by atoms with van der Waals surface area (Å²) >= 11 is 1.70. The second-order valence-corrected chi connectivity index (χ2v) is 7.79. The molecule has 126 valence electrons. The zero-order valence-electron chi connectivity index (χ0n) is 14.2. The molecule has 4 nitrogen and oxygen atoms in total. The van der Waals surface area contributed by atoms with Crippen LogP contribution in [0.25, 0.3) is 10.6 Å². The highest BCUT2D eigenvalue weighted by atomic mass is 32.1. The Labute approximate surface area is 147 Å². The van der Waals surface area contributed by atoms with E-state index in [1.54, 1.807) is 11.3 Å². The van der Waals surface area contributed by atoms with E-state index >= 15 is 0 Å².